The number of Topliss-reactive ketones (excluding diaryl/α,β-unsaturated/α-hetero) is 1. The van der Waals surface area contributed by atoms with Gasteiger partial charge in [-0.25, -0.2) is 0 Å². The largest absolute Gasteiger partial charge is 0.466 e. The Bertz CT molecular complexity index is 655. The van der Waals surface area contributed by atoms with Gasteiger partial charge in [0.25, 0.3) is 0 Å². The highest BCUT2D eigenvalue weighted by molar-refractivity contribution is 6.08. The molecule has 0 aliphatic rings. The van der Waals surface area contributed by atoms with Crippen molar-refractivity contribution < 1.29 is 14.3 Å². The van der Waals surface area contributed by atoms with Gasteiger partial charge in [0.1, 0.15) is 0 Å². The average molecular weight is 312 g/mol. The molecule has 0 saturated heterocycles. The Labute approximate surface area is 137 Å². The summed E-state index contributed by atoms with van der Waals surface area (Å²) in [5, 5.41) is 2.13. The van der Waals surface area contributed by atoms with Crippen LogP contribution in [0.4, 0.5) is 0 Å². The lowest BCUT2D eigenvalue weighted by Crippen LogP contribution is -2.03. The summed E-state index contributed by atoms with van der Waals surface area (Å²) in [6.45, 7) is 2.26. The molecule has 0 amide bonds. The van der Waals surface area contributed by atoms with E-state index in [1.807, 2.05) is 49.4 Å². The van der Waals surface area contributed by atoms with Crippen LogP contribution in [0.25, 0.3) is 10.8 Å². The monoisotopic (exact) mass is 312 g/mol. The Kier molecular flexibility index (Phi) is 6.79. The summed E-state index contributed by atoms with van der Waals surface area (Å²) in [6, 6.07) is 13.9. The van der Waals surface area contributed by atoms with Crippen LogP contribution >= 0.6 is 0 Å². The minimum absolute atomic E-state index is 0.126. The molecule has 0 radical (unpaired) electrons. The van der Waals surface area contributed by atoms with Crippen LogP contribution < -0.4 is 0 Å². The van der Waals surface area contributed by atoms with Gasteiger partial charge in [-0.3, -0.25) is 9.59 Å². The molecular formula is C20H24O3. The molecule has 3 heteroatoms. The minimum Gasteiger partial charge on any atom is -0.466 e. The fourth-order valence-electron chi connectivity index (χ4n) is 2.74. The van der Waals surface area contributed by atoms with Gasteiger partial charge >= 0.3 is 5.97 Å². The second-order valence-electron chi connectivity index (χ2n) is 5.67. The van der Waals surface area contributed by atoms with E-state index in [1.54, 1.807) is 0 Å². The van der Waals surface area contributed by atoms with Crippen LogP contribution in [0.3, 0.4) is 0 Å². The van der Waals surface area contributed by atoms with Crippen LogP contribution in [0.5, 0.6) is 0 Å². The lowest BCUT2D eigenvalue weighted by molar-refractivity contribution is -0.143. The van der Waals surface area contributed by atoms with Crippen LogP contribution in [-0.4, -0.2) is 18.4 Å². The van der Waals surface area contributed by atoms with Crippen LogP contribution in [0.15, 0.2) is 42.5 Å². The number of esters is 1. The molecule has 2 aromatic rings. The van der Waals surface area contributed by atoms with Gasteiger partial charge in [-0.2, -0.15) is 0 Å². The Morgan fingerprint density at radius 3 is 2.35 bits per heavy atom. The third-order valence-electron chi connectivity index (χ3n) is 3.93. The maximum atomic E-state index is 12.4. The molecule has 0 unspecified atom stereocenters. The van der Waals surface area contributed by atoms with Gasteiger partial charge in [0.2, 0.25) is 0 Å². The summed E-state index contributed by atoms with van der Waals surface area (Å²) in [5.41, 5.74) is 0.814. The van der Waals surface area contributed by atoms with Crippen molar-refractivity contribution in [2.24, 2.45) is 0 Å². The highest BCUT2D eigenvalue weighted by Crippen LogP contribution is 2.20. The molecule has 0 N–H and O–H groups in total. The predicted molar refractivity (Wildman–Crippen MR) is 92.6 cm³/mol. The first-order valence-corrected chi connectivity index (χ1v) is 8.39. The van der Waals surface area contributed by atoms with Crippen molar-refractivity contribution >= 4 is 22.5 Å². The minimum atomic E-state index is -0.126. The van der Waals surface area contributed by atoms with Gasteiger partial charge in [0, 0.05) is 18.4 Å². The van der Waals surface area contributed by atoms with E-state index in [0.717, 1.165) is 42.0 Å². The lowest BCUT2D eigenvalue weighted by Gasteiger charge is -2.06. The molecule has 0 aliphatic carbocycles. The highest BCUT2D eigenvalue weighted by Gasteiger charge is 2.09. The van der Waals surface area contributed by atoms with Crippen molar-refractivity contribution in [2.75, 3.05) is 6.61 Å². The number of unbranched alkanes of at least 4 members (excludes halogenated alkanes) is 3. The molecule has 122 valence electrons. The van der Waals surface area contributed by atoms with E-state index in [-0.39, 0.29) is 11.8 Å². The molecule has 0 spiro atoms. The standard InChI is InChI=1S/C20H24O3/c1-2-23-20(22)15-6-4-3-5-14-19(21)18-13-9-11-16-10-7-8-12-17(16)18/h7-13H,2-6,14-15H2,1H3. The number of ether oxygens (including phenoxy) is 1. The van der Waals surface area contributed by atoms with Gasteiger partial charge in [-0.1, -0.05) is 55.3 Å². The number of benzene rings is 2. The fraction of sp³-hybridized carbons (Fsp3) is 0.400. The molecule has 0 aliphatic heterocycles. The second-order valence-corrected chi connectivity index (χ2v) is 5.67. The first kappa shape index (κ1) is 17.2. The summed E-state index contributed by atoms with van der Waals surface area (Å²) < 4.78 is 4.89. The first-order chi connectivity index (χ1) is 11.2. The zero-order valence-electron chi connectivity index (χ0n) is 13.7. The maximum Gasteiger partial charge on any atom is 0.305 e. The van der Waals surface area contributed by atoms with Crippen molar-refractivity contribution in [2.45, 2.75) is 45.4 Å². The Balaban J connectivity index is 1.76. The number of rotatable bonds is 9. The molecule has 0 fully saturated rings. The van der Waals surface area contributed by atoms with Gasteiger partial charge < -0.3 is 4.74 Å². The third-order valence-corrected chi connectivity index (χ3v) is 3.93. The molecule has 23 heavy (non-hydrogen) atoms. The van der Waals surface area contributed by atoms with Crippen LogP contribution in [0.1, 0.15) is 55.8 Å². The SMILES string of the molecule is CCOC(=O)CCCCCCC(=O)c1cccc2ccccc12. The number of carbonyl (C=O) groups is 2. The fourth-order valence-corrected chi connectivity index (χ4v) is 2.74. The van der Waals surface area contributed by atoms with E-state index < -0.39 is 0 Å². The molecular weight excluding hydrogens is 288 g/mol. The highest BCUT2D eigenvalue weighted by atomic mass is 16.5. The summed E-state index contributed by atoms with van der Waals surface area (Å²) >= 11 is 0. The Hall–Kier alpha value is -2.16. The van der Waals surface area contributed by atoms with Crippen molar-refractivity contribution in [3.05, 3.63) is 48.0 Å². The molecule has 0 saturated carbocycles. The number of fused-ring (bicyclic) bond motifs is 1. The summed E-state index contributed by atoms with van der Waals surface area (Å²) in [4.78, 5) is 23.6. The average Bonchev–Trinajstić information content (AvgIpc) is 2.57. The third kappa shape index (κ3) is 5.20. The van der Waals surface area contributed by atoms with Gasteiger partial charge in [-0.05, 0) is 30.5 Å². The summed E-state index contributed by atoms with van der Waals surface area (Å²) in [7, 11) is 0. The van der Waals surface area contributed by atoms with Crippen LogP contribution in [-0.2, 0) is 9.53 Å². The van der Waals surface area contributed by atoms with E-state index >= 15 is 0 Å². The van der Waals surface area contributed by atoms with E-state index in [2.05, 4.69) is 0 Å². The topological polar surface area (TPSA) is 43.4 Å². The lowest BCUT2D eigenvalue weighted by atomic mass is 9.98. The molecule has 2 aromatic carbocycles. The maximum absolute atomic E-state index is 12.4. The van der Waals surface area contributed by atoms with E-state index in [1.165, 1.54) is 0 Å². The van der Waals surface area contributed by atoms with Crippen molar-refractivity contribution in [3.8, 4) is 0 Å². The molecule has 2 rings (SSSR count). The smallest absolute Gasteiger partial charge is 0.305 e. The van der Waals surface area contributed by atoms with E-state index in [0.29, 0.717) is 19.4 Å². The van der Waals surface area contributed by atoms with E-state index in [4.69, 9.17) is 4.74 Å². The Morgan fingerprint density at radius 1 is 0.870 bits per heavy atom. The number of carbonyl (C=O) groups excluding carboxylic acids is 2. The quantitative estimate of drug-likeness (QED) is 0.375. The zero-order valence-corrected chi connectivity index (χ0v) is 13.7. The van der Waals surface area contributed by atoms with Crippen molar-refractivity contribution in [3.63, 3.8) is 0 Å². The van der Waals surface area contributed by atoms with Gasteiger partial charge in [0.15, 0.2) is 5.78 Å². The normalized spacial score (nSPS) is 10.7. The molecule has 0 heterocycles. The van der Waals surface area contributed by atoms with Crippen LogP contribution in [0, 0.1) is 0 Å². The number of hydrogen-bond acceptors (Lipinski definition) is 3. The van der Waals surface area contributed by atoms with E-state index in [9.17, 15) is 9.59 Å². The van der Waals surface area contributed by atoms with Crippen LogP contribution in [0.2, 0.25) is 0 Å². The second kappa shape index (κ2) is 9.09. The molecule has 0 atom stereocenters. The zero-order chi connectivity index (χ0) is 16.5. The molecule has 0 aromatic heterocycles. The van der Waals surface area contributed by atoms with Gasteiger partial charge in [-0.15, -0.1) is 0 Å². The Morgan fingerprint density at radius 2 is 1.57 bits per heavy atom. The predicted octanol–water partition coefficient (Wildman–Crippen LogP) is 4.93. The molecule has 0 bridgehead atoms. The summed E-state index contributed by atoms with van der Waals surface area (Å²) in [6.07, 6.45) is 4.67. The number of ketones is 1. The van der Waals surface area contributed by atoms with Crippen molar-refractivity contribution in [1.82, 2.24) is 0 Å². The van der Waals surface area contributed by atoms with Crippen molar-refractivity contribution in [1.29, 1.82) is 0 Å². The molecule has 3 nitrogen and oxygen atoms in total. The first-order valence-electron chi connectivity index (χ1n) is 8.39. The van der Waals surface area contributed by atoms with Gasteiger partial charge in [0.05, 0.1) is 6.61 Å². The number of hydrogen-bond donors (Lipinski definition) is 0. The summed E-state index contributed by atoms with van der Waals surface area (Å²) in [5.74, 6) is 0.0755.